The first-order valence-electron chi connectivity index (χ1n) is 5.47. The fraction of sp³-hybridized carbons (Fsp3) is 0.700. The van der Waals surface area contributed by atoms with E-state index < -0.39 is 0 Å². The van der Waals surface area contributed by atoms with E-state index in [2.05, 4.69) is 33.3 Å². The van der Waals surface area contributed by atoms with Crippen LogP contribution in [-0.2, 0) is 6.54 Å². The summed E-state index contributed by atoms with van der Waals surface area (Å²) in [5.74, 6) is 1.77. The lowest BCUT2D eigenvalue weighted by Gasteiger charge is -2.33. The van der Waals surface area contributed by atoms with Gasteiger partial charge in [0.05, 0.1) is 6.20 Å². The molecule has 1 saturated heterocycles. The largest absolute Gasteiger partial charge is 0.384 e. The number of aromatic nitrogens is 2. The van der Waals surface area contributed by atoms with Crippen molar-refractivity contribution in [1.82, 2.24) is 14.5 Å². The number of anilines is 2. The average molecular weight is 209 g/mol. The van der Waals surface area contributed by atoms with Gasteiger partial charge in [-0.3, -0.25) is 4.57 Å². The number of likely N-dealkylation sites (N-methyl/N-ethyl adjacent to an activating group) is 1. The number of hydrogen-bond acceptors (Lipinski definition) is 4. The van der Waals surface area contributed by atoms with Gasteiger partial charge in [0.25, 0.3) is 0 Å². The Kier molecular flexibility index (Phi) is 2.81. The zero-order valence-corrected chi connectivity index (χ0v) is 9.48. The number of imidazole rings is 1. The number of nitrogen functional groups attached to an aromatic ring is 1. The summed E-state index contributed by atoms with van der Waals surface area (Å²) in [4.78, 5) is 9.02. The number of piperazine rings is 1. The quantitative estimate of drug-likeness (QED) is 0.758. The minimum Gasteiger partial charge on any atom is -0.384 e. The molecular weight excluding hydrogens is 190 g/mol. The van der Waals surface area contributed by atoms with Crippen molar-refractivity contribution in [3.05, 3.63) is 6.20 Å². The Morgan fingerprint density at radius 2 is 2.00 bits per heavy atom. The molecule has 0 amide bonds. The summed E-state index contributed by atoms with van der Waals surface area (Å²) in [5.41, 5.74) is 5.85. The smallest absolute Gasteiger partial charge is 0.207 e. The molecular formula is C10H19N5. The molecule has 0 spiro atoms. The van der Waals surface area contributed by atoms with Crippen LogP contribution in [0.4, 0.5) is 11.8 Å². The van der Waals surface area contributed by atoms with E-state index >= 15 is 0 Å². The van der Waals surface area contributed by atoms with Crippen LogP contribution in [0.15, 0.2) is 6.20 Å². The fourth-order valence-electron chi connectivity index (χ4n) is 1.96. The summed E-state index contributed by atoms with van der Waals surface area (Å²) in [5, 5.41) is 0. The third-order valence-electron chi connectivity index (χ3n) is 2.97. The Morgan fingerprint density at radius 3 is 2.60 bits per heavy atom. The first-order valence-corrected chi connectivity index (χ1v) is 5.47. The number of rotatable bonds is 2. The molecule has 15 heavy (non-hydrogen) atoms. The maximum absolute atomic E-state index is 5.85. The lowest BCUT2D eigenvalue weighted by molar-refractivity contribution is 0.310. The molecule has 0 radical (unpaired) electrons. The van der Waals surface area contributed by atoms with E-state index in [1.165, 1.54) is 0 Å². The van der Waals surface area contributed by atoms with Gasteiger partial charge in [0.15, 0.2) is 0 Å². The van der Waals surface area contributed by atoms with Crippen LogP contribution in [0.3, 0.4) is 0 Å². The number of nitrogens with two attached hydrogens (primary N) is 1. The van der Waals surface area contributed by atoms with Crippen molar-refractivity contribution in [2.24, 2.45) is 0 Å². The van der Waals surface area contributed by atoms with E-state index in [4.69, 9.17) is 5.73 Å². The van der Waals surface area contributed by atoms with Crippen molar-refractivity contribution in [2.45, 2.75) is 13.5 Å². The van der Waals surface area contributed by atoms with Crippen LogP contribution in [0.2, 0.25) is 0 Å². The topological polar surface area (TPSA) is 50.3 Å². The Morgan fingerprint density at radius 1 is 1.33 bits per heavy atom. The number of hydrogen-bond donors (Lipinski definition) is 1. The van der Waals surface area contributed by atoms with Gasteiger partial charge in [-0.15, -0.1) is 0 Å². The van der Waals surface area contributed by atoms with Crippen LogP contribution in [0.1, 0.15) is 6.92 Å². The molecule has 2 rings (SSSR count). The molecule has 1 aromatic heterocycles. The summed E-state index contributed by atoms with van der Waals surface area (Å²) >= 11 is 0. The van der Waals surface area contributed by atoms with Gasteiger partial charge >= 0.3 is 0 Å². The van der Waals surface area contributed by atoms with Crippen molar-refractivity contribution >= 4 is 11.8 Å². The molecule has 0 atom stereocenters. The van der Waals surface area contributed by atoms with Crippen molar-refractivity contribution in [2.75, 3.05) is 43.9 Å². The van der Waals surface area contributed by atoms with Crippen LogP contribution in [0, 0.1) is 0 Å². The van der Waals surface area contributed by atoms with E-state index in [1.54, 1.807) is 6.20 Å². The Labute approximate surface area is 90.5 Å². The van der Waals surface area contributed by atoms with Crippen molar-refractivity contribution < 1.29 is 0 Å². The molecule has 1 aliphatic rings. The standard InChI is InChI=1S/C10H19N5/c1-3-15-9(11)8-12-10(15)14-6-4-13(2)5-7-14/h8H,3-7,11H2,1-2H3. The molecule has 0 aromatic carbocycles. The summed E-state index contributed by atoms with van der Waals surface area (Å²) < 4.78 is 2.06. The molecule has 0 aliphatic carbocycles. The van der Waals surface area contributed by atoms with E-state index in [1.807, 2.05) is 0 Å². The van der Waals surface area contributed by atoms with Gasteiger partial charge in [-0.25, -0.2) is 4.98 Å². The SMILES string of the molecule is CCn1c(N)cnc1N1CCN(C)CC1. The van der Waals surface area contributed by atoms with Crippen molar-refractivity contribution in [3.63, 3.8) is 0 Å². The molecule has 2 N–H and O–H groups in total. The van der Waals surface area contributed by atoms with Gasteiger partial charge in [-0.05, 0) is 14.0 Å². The zero-order chi connectivity index (χ0) is 10.8. The van der Waals surface area contributed by atoms with Crippen molar-refractivity contribution in [1.29, 1.82) is 0 Å². The van der Waals surface area contributed by atoms with E-state index in [9.17, 15) is 0 Å². The van der Waals surface area contributed by atoms with E-state index in [0.29, 0.717) is 0 Å². The van der Waals surface area contributed by atoms with E-state index in [-0.39, 0.29) is 0 Å². The normalized spacial score (nSPS) is 18.4. The average Bonchev–Trinajstić information content (AvgIpc) is 2.61. The van der Waals surface area contributed by atoms with Crippen LogP contribution < -0.4 is 10.6 Å². The summed E-state index contributed by atoms with van der Waals surface area (Å²) in [6.07, 6.45) is 1.75. The second-order valence-electron chi connectivity index (χ2n) is 4.02. The predicted octanol–water partition coefficient (Wildman–Crippen LogP) is 0.237. The summed E-state index contributed by atoms with van der Waals surface area (Å²) in [7, 11) is 2.15. The third kappa shape index (κ3) is 1.92. The van der Waals surface area contributed by atoms with Gasteiger partial charge in [0.2, 0.25) is 5.95 Å². The lowest BCUT2D eigenvalue weighted by Crippen LogP contribution is -2.45. The van der Waals surface area contributed by atoms with Crippen LogP contribution in [0.25, 0.3) is 0 Å². The molecule has 1 fully saturated rings. The Bertz CT molecular complexity index is 325. The van der Waals surface area contributed by atoms with Crippen molar-refractivity contribution in [3.8, 4) is 0 Å². The molecule has 84 valence electrons. The summed E-state index contributed by atoms with van der Waals surface area (Å²) in [6, 6.07) is 0. The van der Waals surface area contributed by atoms with Gasteiger partial charge in [-0.1, -0.05) is 0 Å². The highest BCUT2D eigenvalue weighted by molar-refractivity contribution is 5.42. The van der Waals surface area contributed by atoms with Gasteiger partial charge in [0, 0.05) is 32.7 Å². The maximum atomic E-state index is 5.85. The van der Waals surface area contributed by atoms with Gasteiger partial charge in [0.1, 0.15) is 5.82 Å². The monoisotopic (exact) mass is 209 g/mol. The predicted molar refractivity (Wildman–Crippen MR) is 62.0 cm³/mol. The fourth-order valence-corrected chi connectivity index (χ4v) is 1.96. The Hall–Kier alpha value is -1.23. The Balaban J connectivity index is 2.15. The molecule has 1 aliphatic heterocycles. The minimum atomic E-state index is 0.756. The lowest BCUT2D eigenvalue weighted by atomic mass is 10.3. The highest BCUT2D eigenvalue weighted by atomic mass is 15.4. The molecule has 0 bridgehead atoms. The molecule has 2 heterocycles. The molecule has 5 nitrogen and oxygen atoms in total. The minimum absolute atomic E-state index is 0.756. The summed E-state index contributed by atoms with van der Waals surface area (Å²) in [6.45, 7) is 7.23. The molecule has 1 aromatic rings. The van der Waals surface area contributed by atoms with Crippen LogP contribution >= 0.6 is 0 Å². The van der Waals surface area contributed by atoms with Gasteiger partial charge in [-0.2, -0.15) is 0 Å². The van der Waals surface area contributed by atoms with E-state index in [0.717, 1.165) is 44.5 Å². The van der Waals surface area contributed by atoms with Crippen LogP contribution in [-0.4, -0.2) is 47.7 Å². The third-order valence-corrected chi connectivity index (χ3v) is 2.97. The second kappa shape index (κ2) is 4.10. The first-order chi connectivity index (χ1) is 7.22. The highest BCUT2D eigenvalue weighted by Gasteiger charge is 2.18. The molecule has 5 heteroatoms. The van der Waals surface area contributed by atoms with Crippen LogP contribution in [0.5, 0.6) is 0 Å². The van der Waals surface area contributed by atoms with Gasteiger partial charge < -0.3 is 15.5 Å². The highest BCUT2D eigenvalue weighted by Crippen LogP contribution is 2.18. The molecule has 0 saturated carbocycles. The maximum Gasteiger partial charge on any atom is 0.207 e. The molecule has 0 unspecified atom stereocenters. The second-order valence-corrected chi connectivity index (χ2v) is 4.02. The number of nitrogens with zero attached hydrogens (tertiary/aromatic N) is 4. The zero-order valence-electron chi connectivity index (χ0n) is 9.48. The first kappa shape index (κ1) is 10.3.